The number of hydrogen-bond donors (Lipinski definition) is 5. The van der Waals surface area contributed by atoms with Crippen molar-refractivity contribution in [2.24, 2.45) is 40.9 Å². The molecule has 0 aromatic heterocycles. The van der Waals surface area contributed by atoms with Gasteiger partial charge in [-0.3, -0.25) is 14.5 Å². The van der Waals surface area contributed by atoms with E-state index in [1.165, 1.54) is 13.8 Å². The Hall–Kier alpha value is -1.34. The third-order valence-corrected chi connectivity index (χ3v) is 13.4. The van der Waals surface area contributed by atoms with Crippen molar-refractivity contribution in [3.63, 3.8) is 0 Å². The molecule has 3 heterocycles. The molecule has 7 rings (SSSR count). The third kappa shape index (κ3) is 3.36. The number of nitrogens with zero attached hydrogens (tertiary/aromatic N) is 1. The Balaban J connectivity index is 1.37. The van der Waals surface area contributed by atoms with Gasteiger partial charge >= 0.3 is 11.9 Å². The second kappa shape index (κ2) is 8.89. The fraction of sp³-hybridized carbons (Fsp3) is 0.935. The molecule has 0 aromatic rings. The Bertz CT molecular complexity index is 1180. The summed E-state index contributed by atoms with van der Waals surface area (Å²) in [7, 11) is 0. The molecular formula is C31H47NO10. The molecule has 4 saturated carbocycles. The number of esters is 2. The van der Waals surface area contributed by atoms with Crippen molar-refractivity contribution in [2.45, 2.75) is 126 Å². The monoisotopic (exact) mass is 593 g/mol. The molecule has 7 aliphatic rings. The Morgan fingerprint density at radius 2 is 1.67 bits per heavy atom. The van der Waals surface area contributed by atoms with Crippen molar-refractivity contribution in [1.29, 1.82) is 0 Å². The Morgan fingerprint density at radius 3 is 2.33 bits per heavy atom. The number of hydrogen-bond acceptors (Lipinski definition) is 11. The van der Waals surface area contributed by atoms with Gasteiger partial charge in [-0.05, 0) is 63.2 Å². The number of carbonyl (C=O) groups is 2. The van der Waals surface area contributed by atoms with Gasteiger partial charge in [0.05, 0.1) is 17.3 Å². The van der Waals surface area contributed by atoms with Crippen molar-refractivity contribution in [1.82, 2.24) is 4.90 Å². The zero-order valence-corrected chi connectivity index (χ0v) is 25.2. The molecule has 5 N–H and O–H groups in total. The van der Waals surface area contributed by atoms with Gasteiger partial charge in [-0.25, -0.2) is 0 Å². The molecule has 42 heavy (non-hydrogen) atoms. The van der Waals surface area contributed by atoms with Crippen molar-refractivity contribution < 1.29 is 49.3 Å². The maximum absolute atomic E-state index is 12.9. The van der Waals surface area contributed by atoms with Crippen molar-refractivity contribution in [3.05, 3.63) is 0 Å². The van der Waals surface area contributed by atoms with E-state index in [9.17, 15) is 35.1 Å². The van der Waals surface area contributed by atoms with Crippen LogP contribution in [-0.4, -0.2) is 109 Å². The van der Waals surface area contributed by atoms with Crippen molar-refractivity contribution in [3.8, 4) is 0 Å². The highest BCUT2D eigenvalue weighted by Gasteiger charge is 2.87. The summed E-state index contributed by atoms with van der Waals surface area (Å²) in [6.07, 6.45) is -1.91. The summed E-state index contributed by atoms with van der Waals surface area (Å²) in [5.41, 5.74) is -5.19. The van der Waals surface area contributed by atoms with Crippen LogP contribution >= 0.6 is 0 Å². The van der Waals surface area contributed by atoms with E-state index in [-0.39, 0.29) is 18.9 Å². The van der Waals surface area contributed by atoms with Crippen LogP contribution in [0.1, 0.15) is 73.1 Å². The van der Waals surface area contributed by atoms with Gasteiger partial charge in [0.2, 0.25) is 5.79 Å². The van der Waals surface area contributed by atoms with E-state index in [4.69, 9.17) is 14.2 Å². The van der Waals surface area contributed by atoms with E-state index in [0.29, 0.717) is 25.3 Å². The Morgan fingerprint density at radius 1 is 0.976 bits per heavy atom. The lowest BCUT2D eigenvalue weighted by Crippen LogP contribution is -2.77. The molecule has 3 saturated heterocycles. The zero-order valence-electron chi connectivity index (χ0n) is 25.2. The summed E-state index contributed by atoms with van der Waals surface area (Å²) < 4.78 is 18.1. The molecule has 11 nitrogen and oxygen atoms in total. The Labute approximate surface area is 246 Å². The number of aliphatic hydroxyl groups is 5. The maximum atomic E-state index is 12.9. The number of fused-ring (bicyclic) bond motifs is 5. The van der Waals surface area contributed by atoms with E-state index in [0.717, 1.165) is 19.4 Å². The number of aliphatic hydroxyl groups excluding tert-OH is 2. The quantitative estimate of drug-likeness (QED) is 0.280. The van der Waals surface area contributed by atoms with E-state index in [1.807, 2.05) is 6.92 Å². The van der Waals surface area contributed by atoms with Gasteiger partial charge in [0.25, 0.3) is 0 Å². The van der Waals surface area contributed by atoms with Crippen LogP contribution in [0.25, 0.3) is 0 Å². The van der Waals surface area contributed by atoms with E-state index >= 15 is 0 Å². The molecule has 0 aromatic carbocycles. The predicted molar refractivity (Wildman–Crippen MR) is 145 cm³/mol. The summed E-state index contributed by atoms with van der Waals surface area (Å²) >= 11 is 0. The molecule has 16 atom stereocenters. The first-order chi connectivity index (χ1) is 19.5. The normalized spacial score (nSPS) is 59.6. The summed E-state index contributed by atoms with van der Waals surface area (Å²) in [4.78, 5) is 26.7. The predicted octanol–water partition coefficient (Wildman–Crippen LogP) is 0.328. The minimum atomic E-state index is -1.93. The first-order valence-electron chi connectivity index (χ1n) is 15.8. The van der Waals surface area contributed by atoms with Crippen molar-refractivity contribution in [2.75, 3.05) is 13.1 Å². The van der Waals surface area contributed by atoms with E-state index in [1.54, 1.807) is 6.92 Å². The second-order valence-corrected chi connectivity index (χ2v) is 15.4. The van der Waals surface area contributed by atoms with Crippen LogP contribution in [-0.2, 0) is 23.8 Å². The van der Waals surface area contributed by atoms with Crippen LogP contribution in [0.4, 0.5) is 0 Å². The fourth-order valence-electron chi connectivity index (χ4n) is 12.0. The van der Waals surface area contributed by atoms with Crippen LogP contribution in [0, 0.1) is 40.9 Å². The van der Waals surface area contributed by atoms with Gasteiger partial charge in [-0.2, -0.15) is 0 Å². The minimum absolute atomic E-state index is 0.0920. The molecule has 3 aliphatic heterocycles. The van der Waals surface area contributed by atoms with E-state index < -0.39 is 93.9 Å². The summed E-state index contributed by atoms with van der Waals surface area (Å²) in [6, 6.07) is -0.187. The Kier molecular flexibility index (Phi) is 6.22. The van der Waals surface area contributed by atoms with Gasteiger partial charge in [0, 0.05) is 56.1 Å². The minimum Gasteiger partial charge on any atom is -0.459 e. The van der Waals surface area contributed by atoms with Crippen molar-refractivity contribution >= 4 is 11.9 Å². The molecule has 236 valence electrons. The average molecular weight is 594 g/mol. The fourth-order valence-corrected chi connectivity index (χ4v) is 12.0. The average Bonchev–Trinajstić information content (AvgIpc) is 3.16. The van der Waals surface area contributed by atoms with Gasteiger partial charge in [0.15, 0.2) is 6.10 Å². The first kappa shape index (κ1) is 29.4. The molecule has 4 bridgehead atoms. The van der Waals surface area contributed by atoms with Crippen LogP contribution in [0.15, 0.2) is 0 Å². The van der Waals surface area contributed by atoms with Gasteiger partial charge in [0.1, 0.15) is 17.8 Å². The molecule has 0 amide bonds. The van der Waals surface area contributed by atoms with Crippen LogP contribution in [0.2, 0.25) is 0 Å². The molecular weight excluding hydrogens is 546 g/mol. The number of carbonyl (C=O) groups excluding carboxylic acids is 2. The second-order valence-electron chi connectivity index (χ2n) is 15.4. The van der Waals surface area contributed by atoms with E-state index in [2.05, 4.69) is 11.8 Å². The largest absolute Gasteiger partial charge is 0.459 e. The SMILES string of the molecule is CC(=O)O[C@@H]1[C@H]2[C@@H](CN3C[C@@H](C)CC[C@H]3[C@@]2(C)O)[C@@H]2C[C@]34O[C@]5(O)[C@@H](OC(C)=O)CC[C@@]3(C)[C@@H]5C[C@@H](O)[C@H]4[C@]2(O)[C@H]1O. The van der Waals surface area contributed by atoms with Crippen LogP contribution < -0.4 is 0 Å². The van der Waals surface area contributed by atoms with Gasteiger partial charge in [-0.15, -0.1) is 0 Å². The lowest BCUT2D eigenvalue weighted by molar-refractivity contribution is -0.298. The van der Waals surface area contributed by atoms with Crippen LogP contribution in [0.5, 0.6) is 0 Å². The van der Waals surface area contributed by atoms with Gasteiger partial charge < -0.3 is 39.7 Å². The first-order valence-corrected chi connectivity index (χ1v) is 15.8. The maximum Gasteiger partial charge on any atom is 0.303 e. The highest BCUT2D eigenvalue weighted by Crippen LogP contribution is 2.77. The summed E-state index contributed by atoms with van der Waals surface area (Å²) in [6.45, 7) is 9.84. The smallest absolute Gasteiger partial charge is 0.303 e. The standard InChI is InChI=1S/C31H47NO10/c1-14-6-7-21-28(5,37)23-17(13-32(21)12-14)18-11-29-25(30(18,38)26(36)24(23)41-16(3)34)19(35)10-20-27(29,4)9-8-22(40-15(2)33)31(20,39)42-29/h14,17-26,35-39H,6-13H2,1-5H3/t14-,17-,18-,19+,20-,21-,22-,23+,24+,25+,26-,27-,28+,29+,30-,31-/m0/s1. The van der Waals surface area contributed by atoms with Gasteiger partial charge in [-0.1, -0.05) is 13.8 Å². The topological polar surface area (TPSA) is 166 Å². The third-order valence-electron chi connectivity index (χ3n) is 13.4. The molecule has 0 radical (unpaired) electrons. The molecule has 4 aliphatic carbocycles. The molecule has 7 fully saturated rings. The number of ether oxygens (including phenoxy) is 3. The highest BCUT2D eigenvalue weighted by molar-refractivity contribution is 5.66. The molecule has 11 heteroatoms. The lowest BCUT2D eigenvalue weighted by Gasteiger charge is -2.64. The number of rotatable bonds is 2. The summed E-state index contributed by atoms with van der Waals surface area (Å²) in [5, 5.41) is 61.2. The van der Waals surface area contributed by atoms with Crippen LogP contribution in [0.3, 0.4) is 0 Å². The molecule has 0 unspecified atom stereocenters. The highest BCUT2D eigenvalue weighted by atomic mass is 16.7. The lowest BCUT2D eigenvalue weighted by atomic mass is 9.49. The summed E-state index contributed by atoms with van der Waals surface area (Å²) in [5.74, 6) is -5.82. The zero-order chi connectivity index (χ0) is 30.4. The molecule has 1 spiro atoms. The number of piperidine rings is 2.